The summed E-state index contributed by atoms with van der Waals surface area (Å²) in [6, 6.07) is 10.8. The minimum Gasteiger partial charge on any atom is -0.290 e. The lowest BCUT2D eigenvalue weighted by molar-refractivity contribution is 0.244. The fraction of sp³-hybridized carbons (Fsp3) is 0.316. The second-order valence-electron chi connectivity index (χ2n) is 6.25. The minimum absolute atomic E-state index is 0.369. The largest absolute Gasteiger partial charge is 0.290 e. The zero-order valence-corrected chi connectivity index (χ0v) is 13.8. The lowest BCUT2D eigenvalue weighted by Gasteiger charge is -2.24. The van der Waals surface area contributed by atoms with Gasteiger partial charge in [0.15, 0.2) is 0 Å². The molecular weight excluding hydrogens is 298 g/mol. The third-order valence-corrected chi connectivity index (χ3v) is 4.64. The van der Waals surface area contributed by atoms with Crippen LogP contribution in [0.25, 0.3) is 5.82 Å². The molecule has 1 aliphatic heterocycles. The van der Waals surface area contributed by atoms with Crippen molar-refractivity contribution in [1.29, 1.82) is 0 Å². The molecule has 1 unspecified atom stereocenters. The maximum absolute atomic E-state index is 4.92. The van der Waals surface area contributed by atoms with Crippen LogP contribution in [0.5, 0.6) is 0 Å². The zero-order valence-electron chi connectivity index (χ0n) is 13.8. The van der Waals surface area contributed by atoms with Crippen molar-refractivity contribution in [2.75, 3.05) is 6.54 Å². The molecule has 4 heterocycles. The Morgan fingerprint density at radius 1 is 1.17 bits per heavy atom. The Balaban J connectivity index is 1.59. The van der Waals surface area contributed by atoms with E-state index in [4.69, 9.17) is 4.98 Å². The van der Waals surface area contributed by atoms with E-state index in [2.05, 4.69) is 33.1 Å². The summed E-state index contributed by atoms with van der Waals surface area (Å²) in [7, 11) is 0. The van der Waals surface area contributed by atoms with Crippen molar-refractivity contribution in [3.05, 3.63) is 72.2 Å². The number of hydrogen-bond acceptors (Lipinski definition) is 4. The van der Waals surface area contributed by atoms with Gasteiger partial charge in [-0.25, -0.2) is 9.97 Å². The number of aryl methyl sites for hydroxylation is 1. The number of nitrogens with zero attached hydrogens (tertiary/aromatic N) is 5. The van der Waals surface area contributed by atoms with Crippen LogP contribution < -0.4 is 0 Å². The molecule has 0 radical (unpaired) electrons. The SMILES string of the molecule is Cc1nccn1-c1cccc(C2CCCN2Cc2cccnc2)n1. The summed E-state index contributed by atoms with van der Waals surface area (Å²) in [6.07, 6.45) is 9.91. The number of pyridine rings is 2. The number of rotatable bonds is 4. The first-order valence-corrected chi connectivity index (χ1v) is 8.41. The van der Waals surface area contributed by atoms with E-state index in [1.54, 1.807) is 0 Å². The highest BCUT2D eigenvalue weighted by Crippen LogP contribution is 2.32. The van der Waals surface area contributed by atoms with E-state index in [1.165, 1.54) is 12.0 Å². The van der Waals surface area contributed by atoms with Gasteiger partial charge in [0.25, 0.3) is 0 Å². The lowest BCUT2D eigenvalue weighted by Crippen LogP contribution is -2.23. The molecule has 4 rings (SSSR count). The highest BCUT2D eigenvalue weighted by Gasteiger charge is 2.27. The Bertz CT molecular complexity index is 811. The fourth-order valence-corrected chi connectivity index (χ4v) is 3.46. The minimum atomic E-state index is 0.369. The smallest absolute Gasteiger partial charge is 0.138 e. The Kier molecular flexibility index (Phi) is 4.09. The van der Waals surface area contributed by atoms with Crippen LogP contribution in [-0.4, -0.2) is 31.0 Å². The van der Waals surface area contributed by atoms with E-state index in [0.717, 1.165) is 36.8 Å². The van der Waals surface area contributed by atoms with Gasteiger partial charge in [0.1, 0.15) is 11.6 Å². The molecular formula is C19H21N5. The zero-order chi connectivity index (χ0) is 16.4. The van der Waals surface area contributed by atoms with Crippen molar-refractivity contribution in [3.63, 3.8) is 0 Å². The highest BCUT2D eigenvalue weighted by molar-refractivity contribution is 5.28. The van der Waals surface area contributed by atoms with E-state index in [0.29, 0.717) is 6.04 Å². The molecule has 0 amide bonds. The molecule has 24 heavy (non-hydrogen) atoms. The van der Waals surface area contributed by atoms with Crippen LogP contribution in [0.1, 0.15) is 36.0 Å². The van der Waals surface area contributed by atoms with Crippen molar-refractivity contribution in [2.45, 2.75) is 32.4 Å². The highest BCUT2D eigenvalue weighted by atomic mass is 15.2. The predicted molar refractivity (Wildman–Crippen MR) is 92.7 cm³/mol. The van der Waals surface area contributed by atoms with Crippen molar-refractivity contribution >= 4 is 0 Å². The summed E-state index contributed by atoms with van der Waals surface area (Å²) >= 11 is 0. The Morgan fingerprint density at radius 2 is 2.12 bits per heavy atom. The van der Waals surface area contributed by atoms with E-state index < -0.39 is 0 Å². The molecule has 1 fully saturated rings. The first-order valence-electron chi connectivity index (χ1n) is 8.41. The Morgan fingerprint density at radius 3 is 2.92 bits per heavy atom. The van der Waals surface area contributed by atoms with Gasteiger partial charge in [0.2, 0.25) is 0 Å². The molecule has 122 valence electrons. The maximum atomic E-state index is 4.92. The molecule has 5 nitrogen and oxygen atoms in total. The van der Waals surface area contributed by atoms with Crippen LogP contribution in [-0.2, 0) is 6.54 Å². The summed E-state index contributed by atoms with van der Waals surface area (Å²) < 4.78 is 2.03. The molecule has 3 aromatic heterocycles. The van der Waals surface area contributed by atoms with Crippen LogP contribution in [0.3, 0.4) is 0 Å². The third kappa shape index (κ3) is 2.95. The van der Waals surface area contributed by atoms with E-state index in [-0.39, 0.29) is 0 Å². The predicted octanol–water partition coefficient (Wildman–Crippen LogP) is 3.31. The number of imidazole rings is 1. The van der Waals surface area contributed by atoms with Gasteiger partial charge < -0.3 is 0 Å². The average molecular weight is 319 g/mol. The fourth-order valence-electron chi connectivity index (χ4n) is 3.46. The number of aromatic nitrogens is 4. The Labute approximate surface area is 142 Å². The van der Waals surface area contributed by atoms with Gasteiger partial charge in [-0.05, 0) is 50.1 Å². The molecule has 3 aromatic rings. The van der Waals surface area contributed by atoms with E-state index in [9.17, 15) is 0 Å². The van der Waals surface area contributed by atoms with E-state index in [1.807, 2.05) is 48.4 Å². The number of hydrogen-bond donors (Lipinski definition) is 0. The molecule has 0 spiro atoms. The van der Waals surface area contributed by atoms with Gasteiger partial charge in [0.05, 0.1) is 11.7 Å². The van der Waals surface area contributed by atoms with Gasteiger partial charge in [-0.1, -0.05) is 12.1 Å². The van der Waals surface area contributed by atoms with Crippen LogP contribution in [0, 0.1) is 6.92 Å². The first kappa shape index (κ1) is 15.0. The van der Waals surface area contributed by atoms with Crippen molar-refractivity contribution < 1.29 is 0 Å². The standard InChI is InChI=1S/C19H21N5/c1-15-21-10-12-24(15)19-8-2-6-17(22-19)18-7-4-11-23(18)14-16-5-3-9-20-13-16/h2-3,5-6,8-10,12-13,18H,4,7,11,14H2,1H3. The quantitative estimate of drug-likeness (QED) is 0.740. The van der Waals surface area contributed by atoms with Crippen LogP contribution in [0.2, 0.25) is 0 Å². The lowest BCUT2D eigenvalue weighted by atomic mass is 10.1. The Hall–Kier alpha value is -2.53. The van der Waals surface area contributed by atoms with Crippen LogP contribution >= 0.6 is 0 Å². The summed E-state index contributed by atoms with van der Waals surface area (Å²) in [6.45, 7) is 4.03. The molecule has 0 aliphatic carbocycles. The van der Waals surface area contributed by atoms with Gasteiger partial charge in [-0.3, -0.25) is 14.5 Å². The summed E-state index contributed by atoms with van der Waals surface area (Å²) in [4.78, 5) is 15.9. The van der Waals surface area contributed by atoms with Crippen LogP contribution in [0.15, 0.2) is 55.1 Å². The molecule has 5 heteroatoms. The summed E-state index contributed by atoms with van der Waals surface area (Å²) in [5.74, 6) is 1.90. The van der Waals surface area contributed by atoms with Crippen molar-refractivity contribution in [1.82, 2.24) is 24.4 Å². The first-order chi connectivity index (χ1) is 11.8. The average Bonchev–Trinajstić information content (AvgIpc) is 3.25. The normalized spacial score (nSPS) is 18.1. The summed E-state index contributed by atoms with van der Waals surface area (Å²) in [5, 5.41) is 0. The molecule has 1 aliphatic rings. The monoisotopic (exact) mass is 319 g/mol. The molecule has 0 aromatic carbocycles. The van der Waals surface area contributed by atoms with Crippen molar-refractivity contribution in [2.24, 2.45) is 0 Å². The van der Waals surface area contributed by atoms with Crippen molar-refractivity contribution in [3.8, 4) is 5.82 Å². The molecule has 0 bridgehead atoms. The third-order valence-electron chi connectivity index (χ3n) is 4.64. The second-order valence-corrected chi connectivity index (χ2v) is 6.25. The maximum Gasteiger partial charge on any atom is 0.138 e. The molecule has 0 saturated carbocycles. The molecule has 1 atom stereocenters. The number of likely N-dealkylation sites (tertiary alicyclic amines) is 1. The van der Waals surface area contributed by atoms with Gasteiger partial charge in [-0.2, -0.15) is 0 Å². The van der Waals surface area contributed by atoms with Gasteiger partial charge >= 0.3 is 0 Å². The molecule has 0 N–H and O–H groups in total. The second kappa shape index (κ2) is 6.53. The summed E-state index contributed by atoms with van der Waals surface area (Å²) in [5.41, 5.74) is 2.40. The van der Waals surface area contributed by atoms with E-state index >= 15 is 0 Å². The van der Waals surface area contributed by atoms with Gasteiger partial charge in [-0.15, -0.1) is 0 Å². The van der Waals surface area contributed by atoms with Gasteiger partial charge in [0, 0.05) is 31.3 Å². The van der Waals surface area contributed by atoms with Crippen LogP contribution in [0.4, 0.5) is 0 Å². The molecule has 1 saturated heterocycles. The topological polar surface area (TPSA) is 46.8 Å².